The van der Waals surface area contributed by atoms with Gasteiger partial charge in [0.15, 0.2) is 5.69 Å². The van der Waals surface area contributed by atoms with Crippen molar-refractivity contribution in [2.75, 3.05) is 5.32 Å². The second kappa shape index (κ2) is 7.90. The summed E-state index contributed by atoms with van der Waals surface area (Å²) in [5.74, 6) is 0.539. The van der Waals surface area contributed by atoms with Crippen LogP contribution in [-0.4, -0.2) is 22.1 Å². The number of hydrogen-bond donors (Lipinski definition) is 2. The molecule has 0 bridgehead atoms. The summed E-state index contributed by atoms with van der Waals surface area (Å²) in [5.41, 5.74) is 1.40. The van der Waals surface area contributed by atoms with Crippen LogP contribution in [0, 0.1) is 0 Å². The summed E-state index contributed by atoms with van der Waals surface area (Å²) in [7, 11) is 0. The first-order valence-corrected chi connectivity index (χ1v) is 8.68. The zero-order valence-electron chi connectivity index (χ0n) is 14.0. The standard InChI is InChI=1S/C19H24N4O/c1-14(15-8-4-2-5-9-15)20-19(24)17-12-13-18(23-22-17)21-16-10-6-3-7-11-16/h2,4-5,8-9,12-14,16H,3,6-7,10-11H2,1H3,(H,20,24)(H,21,23). The van der Waals surface area contributed by atoms with Crippen LogP contribution in [0.5, 0.6) is 0 Å². The summed E-state index contributed by atoms with van der Waals surface area (Å²) in [6, 6.07) is 13.8. The average Bonchev–Trinajstić information content (AvgIpc) is 2.64. The van der Waals surface area contributed by atoms with Gasteiger partial charge in [-0.25, -0.2) is 0 Å². The van der Waals surface area contributed by atoms with Gasteiger partial charge in [0.1, 0.15) is 5.82 Å². The molecule has 1 unspecified atom stereocenters. The van der Waals surface area contributed by atoms with Gasteiger partial charge in [0.05, 0.1) is 6.04 Å². The number of carbonyl (C=O) groups is 1. The highest BCUT2D eigenvalue weighted by Crippen LogP contribution is 2.20. The van der Waals surface area contributed by atoms with Gasteiger partial charge in [-0.2, -0.15) is 0 Å². The Balaban J connectivity index is 1.57. The summed E-state index contributed by atoms with van der Waals surface area (Å²) in [4.78, 5) is 12.3. The fourth-order valence-corrected chi connectivity index (χ4v) is 3.08. The maximum absolute atomic E-state index is 12.3. The maximum atomic E-state index is 12.3. The molecule has 0 spiro atoms. The Morgan fingerprint density at radius 1 is 1.04 bits per heavy atom. The van der Waals surface area contributed by atoms with Crippen LogP contribution >= 0.6 is 0 Å². The summed E-state index contributed by atoms with van der Waals surface area (Å²) >= 11 is 0. The number of carbonyl (C=O) groups excluding carboxylic acids is 1. The highest BCUT2D eigenvalue weighted by molar-refractivity contribution is 5.92. The smallest absolute Gasteiger partial charge is 0.272 e. The van der Waals surface area contributed by atoms with Gasteiger partial charge >= 0.3 is 0 Å². The fraction of sp³-hybridized carbons (Fsp3) is 0.421. The summed E-state index contributed by atoms with van der Waals surface area (Å²) in [5, 5.41) is 14.6. The third kappa shape index (κ3) is 4.31. The van der Waals surface area contributed by atoms with Crippen molar-refractivity contribution in [2.24, 2.45) is 0 Å². The Labute approximate surface area is 142 Å². The zero-order chi connectivity index (χ0) is 16.8. The van der Waals surface area contributed by atoms with Crippen molar-refractivity contribution in [1.29, 1.82) is 0 Å². The number of amides is 1. The normalized spacial score (nSPS) is 16.4. The number of nitrogens with one attached hydrogen (secondary N) is 2. The second-order valence-corrected chi connectivity index (χ2v) is 6.39. The molecule has 1 saturated carbocycles. The van der Waals surface area contributed by atoms with Crippen molar-refractivity contribution in [1.82, 2.24) is 15.5 Å². The number of hydrogen-bond acceptors (Lipinski definition) is 4. The van der Waals surface area contributed by atoms with E-state index in [0.717, 1.165) is 11.4 Å². The lowest BCUT2D eigenvalue weighted by Gasteiger charge is -2.22. The van der Waals surface area contributed by atoms with Gasteiger partial charge in [-0.1, -0.05) is 49.6 Å². The first-order chi connectivity index (χ1) is 11.7. The van der Waals surface area contributed by atoms with Crippen LogP contribution in [0.3, 0.4) is 0 Å². The number of benzene rings is 1. The molecule has 5 nitrogen and oxygen atoms in total. The molecule has 0 saturated heterocycles. The van der Waals surface area contributed by atoms with Crippen molar-refractivity contribution in [2.45, 2.75) is 51.1 Å². The van der Waals surface area contributed by atoms with E-state index in [0.29, 0.717) is 11.7 Å². The molecule has 2 N–H and O–H groups in total. The number of aromatic nitrogens is 2. The van der Waals surface area contributed by atoms with Crippen molar-refractivity contribution in [3.63, 3.8) is 0 Å². The van der Waals surface area contributed by atoms with Gasteiger partial charge in [-0.3, -0.25) is 4.79 Å². The molecule has 1 heterocycles. The Bertz CT molecular complexity index is 651. The van der Waals surface area contributed by atoms with Crippen LogP contribution in [0.25, 0.3) is 0 Å². The van der Waals surface area contributed by atoms with Crippen molar-refractivity contribution >= 4 is 11.7 Å². The molecular weight excluding hydrogens is 300 g/mol. The van der Waals surface area contributed by atoms with Crippen LogP contribution in [0.4, 0.5) is 5.82 Å². The van der Waals surface area contributed by atoms with E-state index in [-0.39, 0.29) is 11.9 Å². The third-order valence-electron chi connectivity index (χ3n) is 4.50. The topological polar surface area (TPSA) is 66.9 Å². The quantitative estimate of drug-likeness (QED) is 0.880. The molecule has 0 aliphatic heterocycles. The lowest BCUT2D eigenvalue weighted by Crippen LogP contribution is -2.28. The van der Waals surface area contributed by atoms with Gasteiger partial charge in [-0.15, -0.1) is 10.2 Å². The first-order valence-electron chi connectivity index (χ1n) is 8.68. The first kappa shape index (κ1) is 16.4. The fourth-order valence-electron chi connectivity index (χ4n) is 3.08. The van der Waals surface area contributed by atoms with E-state index in [1.54, 1.807) is 6.07 Å². The average molecular weight is 324 g/mol. The van der Waals surface area contributed by atoms with Gasteiger partial charge in [0.25, 0.3) is 5.91 Å². The minimum Gasteiger partial charge on any atom is -0.366 e. The SMILES string of the molecule is CC(NC(=O)c1ccc(NC2CCCCC2)nn1)c1ccccc1. The van der Waals surface area contributed by atoms with Crippen LogP contribution < -0.4 is 10.6 Å². The molecule has 1 aromatic carbocycles. The van der Waals surface area contributed by atoms with Crippen LogP contribution in [0.15, 0.2) is 42.5 Å². The molecule has 0 radical (unpaired) electrons. The molecular formula is C19H24N4O. The van der Waals surface area contributed by atoms with Crippen LogP contribution in [0.2, 0.25) is 0 Å². The molecule has 5 heteroatoms. The Hall–Kier alpha value is -2.43. The summed E-state index contributed by atoms with van der Waals surface area (Å²) in [6.07, 6.45) is 6.21. The third-order valence-corrected chi connectivity index (χ3v) is 4.50. The number of anilines is 1. The molecule has 1 amide bonds. The van der Waals surface area contributed by atoms with E-state index in [4.69, 9.17) is 0 Å². The molecule has 1 fully saturated rings. The lowest BCUT2D eigenvalue weighted by atomic mass is 9.95. The minimum atomic E-state index is -0.205. The molecule has 126 valence electrons. The van der Waals surface area contributed by atoms with E-state index in [9.17, 15) is 4.79 Å². The van der Waals surface area contributed by atoms with E-state index >= 15 is 0 Å². The van der Waals surface area contributed by atoms with Crippen molar-refractivity contribution in [3.8, 4) is 0 Å². The summed E-state index contributed by atoms with van der Waals surface area (Å²) in [6.45, 7) is 1.96. The van der Waals surface area contributed by atoms with Gasteiger partial charge in [-0.05, 0) is 37.5 Å². The van der Waals surface area contributed by atoms with Crippen molar-refractivity contribution in [3.05, 3.63) is 53.7 Å². The number of rotatable bonds is 5. The van der Waals surface area contributed by atoms with Gasteiger partial charge in [0, 0.05) is 6.04 Å². The Morgan fingerprint density at radius 2 is 1.79 bits per heavy atom. The maximum Gasteiger partial charge on any atom is 0.272 e. The largest absolute Gasteiger partial charge is 0.366 e. The monoisotopic (exact) mass is 324 g/mol. The number of nitrogens with zero attached hydrogens (tertiary/aromatic N) is 2. The van der Waals surface area contributed by atoms with Crippen LogP contribution in [-0.2, 0) is 0 Å². The molecule has 1 aliphatic rings. The van der Waals surface area contributed by atoms with Gasteiger partial charge in [0.2, 0.25) is 0 Å². The molecule has 1 atom stereocenters. The van der Waals surface area contributed by atoms with E-state index in [1.807, 2.05) is 43.3 Å². The lowest BCUT2D eigenvalue weighted by molar-refractivity contribution is 0.0934. The Kier molecular flexibility index (Phi) is 5.41. The molecule has 3 rings (SSSR count). The highest BCUT2D eigenvalue weighted by Gasteiger charge is 2.15. The van der Waals surface area contributed by atoms with E-state index < -0.39 is 0 Å². The zero-order valence-corrected chi connectivity index (χ0v) is 14.0. The molecule has 24 heavy (non-hydrogen) atoms. The van der Waals surface area contributed by atoms with Crippen molar-refractivity contribution < 1.29 is 4.79 Å². The van der Waals surface area contributed by atoms with Crippen LogP contribution in [0.1, 0.15) is 61.1 Å². The molecule has 1 aliphatic carbocycles. The Morgan fingerprint density at radius 3 is 2.46 bits per heavy atom. The minimum absolute atomic E-state index is 0.0689. The molecule has 1 aromatic heterocycles. The summed E-state index contributed by atoms with van der Waals surface area (Å²) < 4.78 is 0. The van der Waals surface area contributed by atoms with E-state index in [1.165, 1.54) is 32.1 Å². The van der Waals surface area contributed by atoms with E-state index in [2.05, 4.69) is 20.8 Å². The second-order valence-electron chi connectivity index (χ2n) is 6.39. The predicted octanol–water partition coefficient (Wildman–Crippen LogP) is 3.71. The highest BCUT2D eigenvalue weighted by atomic mass is 16.2. The molecule has 2 aromatic rings. The predicted molar refractivity (Wildman–Crippen MR) is 94.9 cm³/mol. The van der Waals surface area contributed by atoms with Gasteiger partial charge < -0.3 is 10.6 Å².